The number of rotatable bonds is 8. The van der Waals surface area contributed by atoms with E-state index in [0.717, 1.165) is 13.0 Å². The highest BCUT2D eigenvalue weighted by atomic mass is 16.5. The fourth-order valence-corrected chi connectivity index (χ4v) is 0.961. The Morgan fingerprint density at radius 1 is 1.00 bits per heavy atom. The number of hydrogen-bond donors (Lipinski definition) is 0. The smallest absolute Gasteiger partial charge is 0.0873 e. The van der Waals surface area contributed by atoms with Crippen molar-refractivity contribution in [1.29, 1.82) is 0 Å². The summed E-state index contributed by atoms with van der Waals surface area (Å²) in [5.74, 6) is 0. The molecule has 12 heavy (non-hydrogen) atoms. The van der Waals surface area contributed by atoms with Crippen LogP contribution in [-0.4, -0.2) is 6.61 Å². The van der Waals surface area contributed by atoms with Crippen LogP contribution in [0, 0.1) is 0 Å². The van der Waals surface area contributed by atoms with Gasteiger partial charge in [-0.2, -0.15) is 0 Å². The van der Waals surface area contributed by atoms with Crippen LogP contribution in [0.2, 0.25) is 0 Å². The summed E-state index contributed by atoms with van der Waals surface area (Å²) < 4.78 is 5.30. The Morgan fingerprint density at radius 3 is 2.42 bits per heavy atom. The van der Waals surface area contributed by atoms with Crippen molar-refractivity contribution in [3.63, 3.8) is 0 Å². The van der Waals surface area contributed by atoms with Crippen molar-refractivity contribution >= 4 is 0 Å². The molecule has 0 aliphatic rings. The third kappa shape index (κ3) is 9.54. The van der Waals surface area contributed by atoms with E-state index in [9.17, 15) is 0 Å². The minimum absolute atomic E-state index is 0.885. The molecule has 0 fully saturated rings. The van der Waals surface area contributed by atoms with E-state index >= 15 is 0 Å². The van der Waals surface area contributed by atoms with Gasteiger partial charge in [0.1, 0.15) is 0 Å². The second-order valence-electron chi connectivity index (χ2n) is 3.09. The van der Waals surface area contributed by atoms with E-state index < -0.39 is 0 Å². The summed E-state index contributed by atoms with van der Waals surface area (Å²) >= 11 is 0. The minimum atomic E-state index is 0.885. The molecule has 0 amide bonds. The highest BCUT2D eigenvalue weighted by molar-refractivity contribution is 4.72. The quantitative estimate of drug-likeness (QED) is 0.396. The first-order valence-electron chi connectivity index (χ1n) is 5.18. The topological polar surface area (TPSA) is 9.23 Å². The van der Waals surface area contributed by atoms with E-state index in [1.807, 2.05) is 6.26 Å². The molecule has 0 bridgehead atoms. The molecule has 0 radical (unpaired) electrons. The standard InChI is InChI=1S/C11H22O/c1-3-5-7-9-11-12-10-8-6-4-2/h9,11H,3-8,10H2,1-2H3. The molecule has 0 aromatic heterocycles. The van der Waals surface area contributed by atoms with Crippen molar-refractivity contribution in [3.8, 4) is 0 Å². The summed E-state index contributed by atoms with van der Waals surface area (Å²) in [5, 5.41) is 0. The van der Waals surface area contributed by atoms with Gasteiger partial charge in [-0.05, 0) is 25.3 Å². The molecule has 0 unspecified atom stereocenters. The summed E-state index contributed by atoms with van der Waals surface area (Å²) in [6.07, 6.45) is 11.4. The first-order chi connectivity index (χ1) is 5.91. The third-order valence-corrected chi connectivity index (χ3v) is 1.78. The van der Waals surface area contributed by atoms with E-state index in [1.54, 1.807) is 0 Å². The van der Waals surface area contributed by atoms with Crippen LogP contribution in [0.4, 0.5) is 0 Å². The van der Waals surface area contributed by atoms with Crippen LogP contribution in [-0.2, 0) is 4.74 Å². The van der Waals surface area contributed by atoms with Gasteiger partial charge in [-0.25, -0.2) is 0 Å². The molecule has 0 N–H and O–H groups in total. The van der Waals surface area contributed by atoms with E-state index in [4.69, 9.17) is 4.74 Å². The van der Waals surface area contributed by atoms with Gasteiger partial charge in [0.15, 0.2) is 0 Å². The van der Waals surface area contributed by atoms with Crippen LogP contribution >= 0.6 is 0 Å². The van der Waals surface area contributed by atoms with E-state index in [1.165, 1.54) is 32.1 Å². The molecule has 1 nitrogen and oxygen atoms in total. The maximum atomic E-state index is 5.30. The number of unbranched alkanes of at least 4 members (excludes halogenated alkanes) is 4. The molecular weight excluding hydrogens is 148 g/mol. The van der Waals surface area contributed by atoms with Crippen LogP contribution in [0.15, 0.2) is 12.3 Å². The minimum Gasteiger partial charge on any atom is -0.502 e. The second kappa shape index (κ2) is 10.5. The molecule has 0 saturated carbocycles. The predicted molar refractivity (Wildman–Crippen MR) is 54.1 cm³/mol. The molecule has 0 spiro atoms. The van der Waals surface area contributed by atoms with Crippen molar-refractivity contribution in [1.82, 2.24) is 0 Å². The van der Waals surface area contributed by atoms with E-state index in [-0.39, 0.29) is 0 Å². The second-order valence-corrected chi connectivity index (χ2v) is 3.09. The van der Waals surface area contributed by atoms with Gasteiger partial charge in [0.2, 0.25) is 0 Å². The van der Waals surface area contributed by atoms with Gasteiger partial charge < -0.3 is 4.74 Å². The zero-order valence-corrected chi connectivity index (χ0v) is 8.51. The van der Waals surface area contributed by atoms with Crippen LogP contribution in [0.5, 0.6) is 0 Å². The normalized spacial score (nSPS) is 10.8. The fraction of sp³-hybridized carbons (Fsp3) is 0.818. The molecule has 0 saturated heterocycles. The molecule has 72 valence electrons. The lowest BCUT2D eigenvalue weighted by molar-refractivity contribution is 0.240. The van der Waals surface area contributed by atoms with Gasteiger partial charge in [-0.1, -0.05) is 33.1 Å². The largest absolute Gasteiger partial charge is 0.502 e. The number of ether oxygens (including phenoxy) is 1. The Bertz CT molecular complexity index is 97.2. The molecule has 0 aromatic rings. The SMILES string of the molecule is CCCCC=COCCCCC. The maximum absolute atomic E-state index is 5.30. The Kier molecular flexibility index (Phi) is 10.1. The summed E-state index contributed by atoms with van der Waals surface area (Å²) in [4.78, 5) is 0. The van der Waals surface area contributed by atoms with E-state index in [2.05, 4.69) is 19.9 Å². The third-order valence-electron chi connectivity index (χ3n) is 1.78. The van der Waals surface area contributed by atoms with Crippen molar-refractivity contribution < 1.29 is 4.74 Å². The van der Waals surface area contributed by atoms with Gasteiger partial charge in [0, 0.05) is 0 Å². The first kappa shape index (κ1) is 11.5. The number of allylic oxidation sites excluding steroid dienone is 1. The Labute approximate surface area is 76.8 Å². The van der Waals surface area contributed by atoms with Crippen molar-refractivity contribution in [2.75, 3.05) is 6.61 Å². The summed E-state index contributed by atoms with van der Waals surface area (Å²) in [5.41, 5.74) is 0. The Balaban J connectivity index is 2.92. The highest BCUT2D eigenvalue weighted by Crippen LogP contribution is 1.97. The highest BCUT2D eigenvalue weighted by Gasteiger charge is 1.83. The summed E-state index contributed by atoms with van der Waals surface area (Å²) in [6.45, 7) is 5.30. The van der Waals surface area contributed by atoms with Crippen LogP contribution in [0.3, 0.4) is 0 Å². The van der Waals surface area contributed by atoms with Crippen molar-refractivity contribution in [2.24, 2.45) is 0 Å². The molecule has 0 aromatic carbocycles. The predicted octanol–water partition coefficient (Wildman–Crippen LogP) is 3.90. The Morgan fingerprint density at radius 2 is 1.75 bits per heavy atom. The van der Waals surface area contributed by atoms with Crippen LogP contribution in [0.1, 0.15) is 52.4 Å². The molecule has 0 heterocycles. The van der Waals surface area contributed by atoms with E-state index in [0.29, 0.717) is 0 Å². The molecule has 0 aliphatic carbocycles. The van der Waals surface area contributed by atoms with Gasteiger partial charge in [-0.15, -0.1) is 0 Å². The number of hydrogen-bond acceptors (Lipinski definition) is 1. The van der Waals surface area contributed by atoms with Gasteiger partial charge in [0.05, 0.1) is 12.9 Å². The van der Waals surface area contributed by atoms with Crippen molar-refractivity contribution in [3.05, 3.63) is 12.3 Å². The van der Waals surface area contributed by atoms with Gasteiger partial charge in [-0.3, -0.25) is 0 Å². The van der Waals surface area contributed by atoms with Gasteiger partial charge >= 0.3 is 0 Å². The first-order valence-corrected chi connectivity index (χ1v) is 5.18. The van der Waals surface area contributed by atoms with Gasteiger partial charge in [0.25, 0.3) is 0 Å². The average Bonchev–Trinajstić information content (AvgIpc) is 2.10. The average molecular weight is 170 g/mol. The molecular formula is C11H22O. The molecule has 0 atom stereocenters. The summed E-state index contributed by atoms with van der Waals surface area (Å²) in [7, 11) is 0. The lowest BCUT2D eigenvalue weighted by atomic mass is 10.2. The molecule has 0 rings (SSSR count). The zero-order valence-electron chi connectivity index (χ0n) is 8.51. The molecule has 0 aliphatic heterocycles. The fourth-order valence-electron chi connectivity index (χ4n) is 0.961. The summed E-state index contributed by atoms with van der Waals surface area (Å²) in [6, 6.07) is 0. The van der Waals surface area contributed by atoms with Crippen molar-refractivity contribution in [2.45, 2.75) is 52.4 Å². The van der Waals surface area contributed by atoms with Crippen LogP contribution in [0.25, 0.3) is 0 Å². The lowest BCUT2D eigenvalue weighted by Gasteiger charge is -1.98. The maximum Gasteiger partial charge on any atom is 0.0873 e. The molecule has 1 heteroatoms. The Hall–Kier alpha value is -0.460. The zero-order chi connectivity index (χ0) is 9.07. The lowest BCUT2D eigenvalue weighted by Crippen LogP contribution is -1.86. The monoisotopic (exact) mass is 170 g/mol. The van der Waals surface area contributed by atoms with Crippen LogP contribution < -0.4 is 0 Å².